The highest BCUT2D eigenvalue weighted by atomic mass is 16.1. The topological polar surface area (TPSA) is 41.1 Å². The van der Waals surface area contributed by atoms with Gasteiger partial charge in [-0.05, 0) is 30.7 Å². The zero-order valence-corrected chi connectivity index (χ0v) is 11.1. The molecule has 3 heteroatoms. The largest absolute Gasteiger partial charge is 0.355 e. The van der Waals surface area contributed by atoms with Crippen LogP contribution in [0.4, 0.5) is 0 Å². The average molecular weight is 226 g/mol. The molecule has 1 rings (SSSR count). The Balaban J connectivity index is 2.35. The number of amides is 1. The van der Waals surface area contributed by atoms with Gasteiger partial charge in [-0.3, -0.25) is 4.79 Å². The number of nitrogens with one attached hydrogen (secondary N) is 2. The van der Waals surface area contributed by atoms with Crippen molar-refractivity contribution < 1.29 is 4.79 Å². The fourth-order valence-electron chi connectivity index (χ4n) is 2.03. The van der Waals surface area contributed by atoms with Crippen LogP contribution in [0.2, 0.25) is 0 Å². The highest BCUT2D eigenvalue weighted by Crippen LogP contribution is 2.24. The maximum atomic E-state index is 11.8. The lowest BCUT2D eigenvalue weighted by atomic mass is 9.82. The van der Waals surface area contributed by atoms with Gasteiger partial charge in [0.25, 0.3) is 0 Å². The Labute approximate surface area is 99.4 Å². The summed E-state index contributed by atoms with van der Waals surface area (Å²) < 4.78 is 0. The molecule has 0 radical (unpaired) electrons. The predicted octanol–water partition coefficient (Wildman–Crippen LogP) is 1.78. The smallest absolute Gasteiger partial charge is 0.223 e. The Bertz CT molecular complexity index is 232. The van der Waals surface area contributed by atoms with Crippen LogP contribution in [-0.2, 0) is 4.79 Å². The lowest BCUT2D eigenvalue weighted by Gasteiger charge is -2.34. The summed E-state index contributed by atoms with van der Waals surface area (Å²) >= 11 is 0. The number of carbonyl (C=O) groups is 1. The molecule has 1 saturated heterocycles. The minimum Gasteiger partial charge on any atom is -0.355 e. The molecule has 0 saturated carbocycles. The molecule has 1 aliphatic rings. The second kappa shape index (κ2) is 5.67. The quantitative estimate of drug-likeness (QED) is 0.767. The van der Waals surface area contributed by atoms with Crippen molar-refractivity contribution >= 4 is 5.91 Å². The maximum Gasteiger partial charge on any atom is 0.223 e. The molecule has 94 valence electrons. The third-order valence-electron chi connectivity index (χ3n) is 3.79. The zero-order valence-electron chi connectivity index (χ0n) is 11.1. The third-order valence-corrected chi connectivity index (χ3v) is 3.79. The molecule has 3 nitrogen and oxygen atoms in total. The summed E-state index contributed by atoms with van der Waals surface area (Å²) in [4.78, 5) is 11.8. The van der Waals surface area contributed by atoms with Gasteiger partial charge < -0.3 is 10.6 Å². The standard InChI is InChI=1S/C13H26N2O/c1-10(2)11(3)12(16)15-9-13(4)6-5-7-14-8-13/h10-11,14H,5-9H2,1-4H3,(H,15,16). The molecule has 0 aromatic heterocycles. The summed E-state index contributed by atoms with van der Waals surface area (Å²) in [5.74, 6) is 0.722. The van der Waals surface area contributed by atoms with Crippen molar-refractivity contribution in [2.24, 2.45) is 17.3 Å². The van der Waals surface area contributed by atoms with Crippen LogP contribution in [0.5, 0.6) is 0 Å². The van der Waals surface area contributed by atoms with E-state index in [1.165, 1.54) is 12.8 Å². The Kier molecular flexibility index (Phi) is 4.78. The van der Waals surface area contributed by atoms with Crippen LogP contribution in [0, 0.1) is 17.3 Å². The van der Waals surface area contributed by atoms with Crippen molar-refractivity contribution in [3.63, 3.8) is 0 Å². The summed E-state index contributed by atoms with van der Waals surface area (Å²) in [5, 5.41) is 6.49. The van der Waals surface area contributed by atoms with E-state index < -0.39 is 0 Å². The van der Waals surface area contributed by atoms with Gasteiger partial charge in [0.1, 0.15) is 0 Å². The Hall–Kier alpha value is -0.570. The number of rotatable bonds is 4. The first-order chi connectivity index (χ1) is 7.44. The summed E-state index contributed by atoms with van der Waals surface area (Å²) in [6.07, 6.45) is 2.42. The van der Waals surface area contributed by atoms with Crippen molar-refractivity contribution in [2.45, 2.75) is 40.5 Å². The Morgan fingerprint density at radius 1 is 1.44 bits per heavy atom. The van der Waals surface area contributed by atoms with E-state index in [4.69, 9.17) is 0 Å². The molecule has 0 spiro atoms. The van der Waals surface area contributed by atoms with Crippen molar-refractivity contribution in [3.8, 4) is 0 Å². The van der Waals surface area contributed by atoms with Gasteiger partial charge in [-0.25, -0.2) is 0 Å². The molecule has 2 atom stereocenters. The van der Waals surface area contributed by atoms with E-state index in [1.54, 1.807) is 0 Å². The average Bonchev–Trinajstić information content (AvgIpc) is 2.26. The third kappa shape index (κ3) is 3.78. The molecular formula is C13H26N2O. The van der Waals surface area contributed by atoms with Crippen LogP contribution >= 0.6 is 0 Å². The molecule has 0 aromatic carbocycles. The fourth-order valence-corrected chi connectivity index (χ4v) is 2.03. The van der Waals surface area contributed by atoms with E-state index in [-0.39, 0.29) is 17.2 Å². The van der Waals surface area contributed by atoms with Gasteiger partial charge in [-0.1, -0.05) is 27.7 Å². The van der Waals surface area contributed by atoms with E-state index in [1.807, 2.05) is 6.92 Å². The summed E-state index contributed by atoms with van der Waals surface area (Å²) in [6.45, 7) is 11.4. The minimum absolute atomic E-state index is 0.111. The van der Waals surface area contributed by atoms with Crippen molar-refractivity contribution in [1.29, 1.82) is 0 Å². The van der Waals surface area contributed by atoms with Crippen LogP contribution in [-0.4, -0.2) is 25.5 Å². The molecule has 0 bridgehead atoms. The van der Waals surface area contributed by atoms with E-state index in [0.29, 0.717) is 5.92 Å². The van der Waals surface area contributed by atoms with Crippen molar-refractivity contribution in [1.82, 2.24) is 10.6 Å². The summed E-state index contributed by atoms with van der Waals surface area (Å²) in [6, 6.07) is 0. The SMILES string of the molecule is CC(C)C(C)C(=O)NCC1(C)CCCNC1. The monoisotopic (exact) mass is 226 g/mol. The zero-order chi connectivity index (χ0) is 12.2. The highest BCUT2D eigenvalue weighted by molar-refractivity contribution is 5.78. The number of carbonyl (C=O) groups excluding carboxylic acids is 1. The molecule has 1 heterocycles. The van der Waals surface area contributed by atoms with Crippen molar-refractivity contribution in [3.05, 3.63) is 0 Å². The van der Waals surface area contributed by atoms with Gasteiger partial charge in [-0.2, -0.15) is 0 Å². The van der Waals surface area contributed by atoms with Crippen LogP contribution < -0.4 is 10.6 Å². The molecule has 0 aliphatic carbocycles. The van der Waals surface area contributed by atoms with E-state index in [0.717, 1.165) is 19.6 Å². The fraction of sp³-hybridized carbons (Fsp3) is 0.923. The van der Waals surface area contributed by atoms with Crippen LogP contribution in [0.15, 0.2) is 0 Å². The van der Waals surface area contributed by atoms with Crippen LogP contribution in [0.1, 0.15) is 40.5 Å². The lowest BCUT2D eigenvalue weighted by Crippen LogP contribution is -2.47. The van der Waals surface area contributed by atoms with E-state index in [9.17, 15) is 4.79 Å². The normalized spacial score (nSPS) is 27.8. The minimum atomic E-state index is 0.111. The van der Waals surface area contributed by atoms with Crippen LogP contribution in [0.25, 0.3) is 0 Å². The molecule has 1 fully saturated rings. The molecule has 0 aromatic rings. The highest BCUT2D eigenvalue weighted by Gasteiger charge is 2.28. The van der Waals surface area contributed by atoms with Gasteiger partial charge in [-0.15, -0.1) is 0 Å². The Morgan fingerprint density at radius 2 is 2.12 bits per heavy atom. The van der Waals surface area contributed by atoms with Gasteiger partial charge in [0.2, 0.25) is 5.91 Å². The molecule has 1 amide bonds. The van der Waals surface area contributed by atoms with Gasteiger partial charge in [0, 0.05) is 19.0 Å². The summed E-state index contributed by atoms with van der Waals surface area (Å²) in [5.41, 5.74) is 0.241. The first-order valence-corrected chi connectivity index (χ1v) is 6.43. The second-order valence-electron chi connectivity index (χ2n) is 5.84. The molecule has 2 N–H and O–H groups in total. The first kappa shape index (κ1) is 13.5. The molecule has 2 unspecified atom stereocenters. The van der Waals surface area contributed by atoms with Gasteiger partial charge in [0.05, 0.1) is 0 Å². The predicted molar refractivity (Wildman–Crippen MR) is 67.2 cm³/mol. The lowest BCUT2D eigenvalue weighted by molar-refractivity contribution is -0.126. The number of hydrogen-bond acceptors (Lipinski definition) is 2. The van der Waals surface area contributed by atoms with Gasteiger partial charge >= 0.3 is 0 Å². The second-order valence-corrected chi connectivity index (χ2v) is 5.84. The van der Waals surface area contributed by atoms with Crippen LogP contribution in [0.3, 0.4) is 0 Å². The first-order valence-electron chi connectivity index (χ1n) is 6.43. The molecule has 16 heavy (non-hydrogen) atoms. The summed E-state index contributed by atoms with van der Waals surface area (Å²) in [7, 11) is 0. The number of piperidine rings is 1. The Morgan fingerprint density at radius 3 is 2.62 bits per heavy atom. The molecule has 1 aliphatic heterocycles. The van der Waals surface area contributed by atoms with Crippen molar-refractivity contribution in [2.75, 3.05) is 19.6 Å². The maximum absolute atomic E-state index is 11.8. The number of hydrogen-bond donors (Lipinski definition) is 2. The van der Waals surface area contributed by atoms with E-state index >= 15 is 0 Å². The van der Waals surface area contributed by atoms with Gasteiger partial charge in [0.15, 0.2) is 0 Å². The molecular weight excluding hydrogens is 200 g/mol. The van der Waals surface area contributed by atoms with E-state index in [2.05, 4.69) is 31.4 Å².